The van der Waals surface area contributed by atoms with E-state index in [0.717, 1.165) is 48.6 Å². The van der Waals surface area contributed by atoms with Crippen LogP contribution in [0, 0.1) is 12.8 Å². The summed E-state index contributed by atoms with van der Waals surface area (Å²) in [4.78, 5) is 38.4. The van der Waals surface area contributed by atoms with E-state index in [1.165, 1.54) is 24.7 Å². The first-order chi connectivity index (χ1) is 12.8. The smallest absolute Gasteiger partial charge is 0.331 e. The molecule has 1 aliphatic heterocycles. The molecule has 8 heteroatoms. The molecule has 1 amide bonds. The molecule has 3 heterocycles. The number of nitrogens with zero attached hydrogens (tertiary/aromatic N) is 3. The number of carbonyl (C=O) groups excluding carboxylic acids is 1. The van der Waals surface area contributed by atoms with E-state index in [9.17, 15) is 14.4 Å². The van der Waals surface area contributed by atoms with Gasteiger partial charge in [0.15, 0.2) is 0 Å². The third-order valence-corrected chi connectivity index (χ3v) is 5.19. The van der Waals surface area contributed by atoms with E-state index in [-0.39, 0.29) is 11.6 Å². The predicted molar refractivity (Wildman–Crippen MR) is 101 cm³/mol. The fraction of sp³-hybridized carbons (Fsp3) is 0.526. The zero-order valence-corrected chi connectivity index (χ0v) is 16.0. The number of rotatable bonds is 5. The van der Waals surface area contributed by atoms with Crippen LogP contribution in [0.1, 0.15) is 34.9 Å². The molecule has 0 aliphatic carbocycles. The number of likely N-dealkylation sites (tertiary alicyclic amines) is 1. The average molecular weight is 374 g/mol. The van der Waals surface area contributed by atoms with Crippen molar-refractivity contribution < 1.29 is 9.21 Å². The van der Waals surface area contributed by atoms with Crippen molar-refractivity contribution in [3.8, 4) is 0 Å². The number of aromatic nitrogens is 2. The van der Waals surface area contributed by atoms with Gasteiger partial charge in [-0.25, -0.2) is 4.79 Å². The molecule has 2 aromatic heterocycles. The third kappa shape index (κ3) is 4.39. The average Bonchev–Trinajstić information content (AvgIpc) is 3.07. The molecule has 0 spiro atoms. The summed E-state index contributed by atoms with van der Waals surface area (Å²) in [6.45, 7) is 5.18. The second kappa shape index (κ2) is 7.96. The summed E-state index contributed by atoms with van der Waals surface area (Å²) in [7, 11) is 2.88. The van der Waals surface area contributed by atoms with Crippen LogP contribution in [0.5, 0.6) is 0 Å². The summed E-state index contributed by atoms with van der Waals surface area (Å²) in [6, 6.07) is 5.18. The van der Waals surface area contributed by atoms with Gasteiger partial charge >= 0.3 is 5.69 Å². The maximum atomic E-state index is 12.4. The Kier molecular flexibility index (Phi) is 5.65. The Bertz CT molecular complexity index is 932. The minimum absolute atomic E-state index is 0.0914. The lowest BCUT2D eigenvalue weighted by Gasteiger charge is -2.31. The SMILES string of the molecule is Cc1ccc(CN2CCC(CNC(=O)c3cc(=O)n(C)c(=O)n3C)CC2)o1. The summed E-state index contributed by atoms with van der Waals surface area (Å²) >= 11 is 0. The van der Waals surface area contributed by atoms with Gasteiger partial charge in [-0.1, -0.05) is 0 Å². The number of amides is 1. The summed E-state index contributed by atoms with van der Waals surface area (Å²) in [5.74, 6) is 1.89. The minimum atomic E-state index is -0.505. The molecular weight excluding hydrogens is 348 g/mol. The molecule has 8 nitrogen and oxygen atoms in total. The van der Waals surface area contributed by atoms with E-state index in [1.54, 1.807) is 0 Å². The highest BCUT2D eigenvalue weighted by molar-refractivity contribution is 5.92. The van der Waals surface area contributed by atoms with Gasteiger partial charge in [0.05, 0.1) is 6.54 Å². The molecule has 0 unspecified atom stereocenters. The van der Waals surface area contributed by atoms with Gasteiger partial charge in [0, 0.05) is 26.7 Å². The predicted octanol–water partition coefficient (Wildman–Crippen LogP) is 0.627. The van der Waals surface area contributed by atoms with Crippen molar-refractivity contribution in [2.45, 2.75) is 26.3 Å². The molecule has 0 atom stereocenters. The number of aryl methyl sites for hydroxylation is 1. The Labute approximate surface area is 157 Å². The van der Waals surface area contributed by atoms with Gasteiger partial charge < -0.3 is 9.73 Å². The van der Waals surface area contributed by atoms with Crippen LogP contribution in [0.25, 0.3) is 0 Å². The molecule has 1 fully saturated rings. The molecule has 3 rings (SSSR count). The summed E-state index contributed by atoms with van der Waals surface area (Å²) < 4.78 is 7.80. The molecule has 1 saturated heterocycles. The first-order valence-electron chi connectivity index (χ1n) is 9.18. The number of piperidine rings is 1. The molecule has 0 aromatic carbocycles. The second-order valence-electron chi connectivity index (χ2n) is 7.21. The quantitative estimate of drug-likeness (QED) is 0.829. The van der Waals surface area contributed by atoms with E-state index in [0.29, 0.717) is 12.5 Å². The minimum Gasteiger partial charge on any atom is -0.465 e. The molecule has 27 heavy (non-hydrogen) atoms. The Morgan fingerprint density at radius 3 is 2.52 bits per heavy atom. The maximum absolute atomic E-state index is 12.4. The lowest BCUT2D eigenvalue weighted by molar-refractivity contribution is 0.0924. The largest absolute Gasteiger partial charge is 0.465 e. The van der Waals surface area contributed by atoms with Crippen molar-refractivity contribution >= 4 is 5.91 Å². The van der Waals surface area contributed by atoms with Crippen molar-refractivity contribution in [1.82, 2.24) is 19.4 Å². The molecule has 1 N–H and O–H groups in total. The van der Waals surface area contributed by atoms with Gasteiger partial charge in [-0.15, -0.1) is 0 Å². The van der Waals surface area contributed by atoms with Crippen LogP contribution < -0.4 is 16.6 Å². The topological polar surface area (TPSA) is 89.5 Å². The number of hydrogen-bond donors (Lipinski definition) is 1. The van der Waals surface area contributed by atoms with Crippen LogP contribution >= 0.6 is 0 Å². The van der Waals surface area contributed by atoms with Crippen molar-refractivity contribution in [3.05, 3.63) is 56.3 Å². The lowest BCUT2D eigenvalue weighted by atomic mass is 9.96. The van der Waals surface area contributed by atoms with Crippen LogP contribution in [0.15, 0.2) is 32.2 Å². The van der Waals surface area contributed by atoms with Gasteiger partial charge in [0.2, 0.25) is 0 Å². The zero-order valence-electron chi connectivity index (χ0n) is 16.0. The van der Waals surface area contributed by atoms with Crippen LogP contribution in [-0.4, -0.2) is 39.6 Å². The first-order valence-corrected chi connectivity index (χ1v) is 9.18. The number of hydrogen-bond acceptors (Lipinski definition) is 5. The normalized spacial score (nSPS) is 15.8. The van der Waals surface area contributed by atoms with Crippen LogP contribution in [-0.2, 0) is 20.6 Å². The lowest BCUT2D eigenvalue weighted by Crippen LogP contribution is -2.42. The Hall–Kier alpha value is -2.61. The fourth-order valence-corrected chi connectivity index (χ4v) is 3.42. The van der Waals surface area contributed by atoms with E-state index in [2.05, 4.69) is 10.2 Å². The molecule has 146 valence electrons. The Balaban J connectivity index is 1.51. The van der Waals surface area contributed by atoms with Crippen molar-refractivity contribution in [2.24, 2.45) is 20.0 Å². The van der Waals surface area contributed by atoms with E-state index in [4.69, 9.17) is 4.42 Å². The fourth-order valence-electron chi connectivity index (χ4n) is 3.42. The Morgan fingerprint density at radius 2 is 1.89 bits per heavy atom. The van der Waals surface area contributed by atoms with Gasteiger partial charge in [-0.2, -0.15) is 0 Å². The summed E-state index contributed by atoms with van der Waals surface area (Å²) in [6.07, 6.45) is 1.96. The van der Waals surface area contributed by atoms with Crippen molar-refractivity contribution in [3.63, 3.8) is 0 Å². The third-order valence-electron chi connectivity index (χ3n) is 5.19. The van der Waals surface area contributed by atoms with Gasteiger partial charge in [-0.05, 0) is 50.9 Å². The molecule has 0 bridgehead atoms. The van der Waals surface area contributed by atoms with E-state index < -0.39 is 11.2 Å². The maximum Gasteiger partial charge on any atom is 0.331 e. The highest BCUT2D eigenvalue weighted by Gasteiger charge is 2.21. The number of furan rings is 1. The zero-order chi connectivity index (χ0) is 19.6. The highest BCUT2D eigenvalue weighted by Crippen LogP contribution is 2.19. The monoisotopic (exact) mass is 374 g/mol. The van der Waals surface area contributed by atoms with Gasteiger partial charge in [0.25, 0.3) is 11.5 Å². The molecular formula is C19H26N4O4. The van der Waals surface area contributed by atoms with E-state index in [1.807, 2.05) is 19.1 Å². The van der Waals surface area contributed by atoms with Crippen LogP contribution in [0.4, 0.5) is 0 Å². The first kappa shape index (κ1) is 19.2. The molecule has 2 aromatic rings. The van der Waals surface area contributed by atoms with Crippen molar-refractivity contribution in [2.75, 3.05) is 19.6 Å². The van der Waals surface area contributed by atoms with E-state index >= 15 is 0 Å². The number of carbonyl (C=O) groups is 1. The standard InChI is InChI=1S/C19H26N4O4/c1-13-4-5-15(27-13)12-23-8-6-14(7-9-23)11-20-18(25)16-10-17(24)22(3)19(26)21(16)2/h4-5,10,14H,6-9,11-12H2,1-3H3,(H,20,25). The van der Waals surface area contributed by atoms with Crippen LogP contribution in [0.3, 0.4) is 0 Å². The van der Waals surface area contributed by atoms with Gasteiger partial charge in [-0.3, -0.25) is 23.6 Å². The Morgan fingerprint density at radius 1 is 1.19 bits per heavy atom. The summed E-state index contributed by atoms with van der Waals surface area (Å²) in [5, 5.41) is 2.87. The van der Waals surface area contributed by atoms with Gasteiger partial charge in [0.1, 0.15) is 17.2 Å². The van der Waals surface area contributed by atoms with Crippen LogP contribution in [0.2, 0.25) is 0 Å². The molecule has 1 aliphatic rings. The molecule has 0 saturated carbocycles. The van der Waals surface area contributed by atoms with Crippen molar-refractivity contribution in [1.29, 1.82) is 0 Å². The summed E-state index contributed by atoms with van der Waals surface area (Å²) in [5.41, 5.74) is -0.896. The molecule has 0 radical (unpaired) electrons. The number of nitrogens with one attached hydrogen (secondary N) is 1. The highest BCUT2D eigenvalue weighted by atomic mass is 16.3. The second-order valence-corrected chi connectivity index (χ2v) is 7.21.